The molecule has 1 aromatic heterocycles. The number of alkyl halides is 3. The molecule has 35 heavy (non-hydrogen) atoms. The summed E-state index contributed by atoms with van der Waals surface area (Å²) in [6, 6.07) is 2.57. The van der Waals surface area contributed by atoms with E-state index in [1.54, 1.807) is 25.5 Å². The maximum atomic E-state index is 13.4. The lowest BCUT2D eigenvalue weighted by Crippen LogP contribution is -2.36. The Labute approximate surface area is 206 Å². The van der Waals surface area contributed by atoms with Crippen LogP contribution in [0.3, 0.4) is 0 Å². The summed E-state index contributed by atoms with van der Waals surface area (Å²) in [6.45, 7) is 13.4. The number of anilines is 1. The second-order valence-corrected chi connectivity index (χ2v) is 10.9. The molecular formula is C23H32F3N5O3S. The van der Waals surface area contributed by atoms with Gasteiger partial charge in [0.15, 0.2) is 0 Å². The van der Waals surface area contributed by atoms with E-state index in [9.17, 15) is 22.8 Å². The van der Waals surface area contributed by atoms with Crippen molar-refractivity contribution in [1.82, 2.24) is 15.2 Å². The van der Waals surface area contributed by atoms with Crippen LogP contribution in [0, 0.1) is 0 Å². The molecule has 1 heterocycles. The standard InChI is InChI=1S/C23H32F3N5O3S/c1-8-9-12-31-19(35-18(30-31)21(2,3)4)27-17(32)15-13-14(23(24,25)26)10-11-16(15)28-29-20(33)34-22(5,6)7/h10-11,13,28H,8-9,12H2,1-7H3,(H,29,33). The largest absolute Gasteiger partial charge is 0.443 e. The van der Waals surface area contributed by atoms with Gasteiger partial charge in [-0.3, -0.25) is 10.2 Å². The number of amides is 2. The number of hydrazine groups is 1. The van der Waals surface area contributed by atoms with Gasteiger partial charge >= 0.3 is 12.3 Å². The average molecular weight is 516 g/mol. The first-order valence-electron chi connectivity index (χ1n) is 11.1. The number of halogens is 3. The number of unbranched alkanes of at least 4 members (excludes halogenated alkanes) is 1. The number of carbonyl (C=O) groups excluding carboxylic acids is 2. The molecule has 2 N–H and O–H groups in total. The van der Waals surface area contributed by atoms with Crippen molar-refractivity contribution in [2.24, 2.45) is 4.99 Å². The fraction of sp³-hybridized carbons (Fsp3) is 0.565. The van der Waals surface area contributed by atoms with Gasteiger partial charge in [0.2, 0.25) is 4.80 Å². The van der Waals surface area contributed by atoms with Gasteiger partial charge in [-0.25, -0.2) is 14.9 Å². The van der Waals surface area contributed by atoms with Crippen molar-refractivity contribution in [3.05, 3.63) is 39.1 Å². The number of benzene rings is 1. The van der Waals surface area contributed by atoms with E-state index >= 15 is 0 Å². The molecule has 0 aliphatic rings. The lowest BCUT2D eigenvalue weighted by molar-refractivity contribution is -0.137. The predicted molar refractivity (Wildman–Crippen MR) is 128 cm³/mol. The Kier molecular flexibility index (Phi) is 8.75. The zero-order chi connectivity index (χ0) is 26.6. The van der Waals surface area contributed by atoms with Crippen molar-refractivity contribution >= 4 is 29.0 Å². The molecule has 0 aliphatic heterocycles. The summed E-state index contributed by atoms with van der Waals surface area (Å²) in [6.07, 6.45) is -3.84. The number of nitrogens with zero attached hydrogens (tertiary/aromatic N) is 3. The number of hydrogen-bond acceptors (Lipinski definition) is 6. The Hall–Kier alpha value is -2.89. The number of nitrogens with one attached hydrogen (secondary N) is 2. The van der Waals surface area contributed by atoms with Crippen molar-refractivity contribution in [3.63, 3.8) is 0 Å². The fourth-order valence-electron chi connectivity index (χ4n) is 2.72. The summed E-state index contributed by atoms with van der Waals surface area (Å²) in [5, 5.41) is 5.30. The summed E-state index contributed by atoms with van der Waals surface area (Å²) in [4.78, 5) is 29.5. The monoisotopic (exact) mass is 515 g/mol. The maximum absolute atomic E-state index is 13.4. The first kappa shape index (κ1) is 28.3. The molecule has 0 bridgehead atoms. The van der Waals surface area contributed by atoms with Gasteiger partial charge in [-0.1, -0.05) is 45.5 Å². The summed E-state index contributed by atoms with van der Waals surface area (Å²) >= 11 is 1.21. The number of rotatable bonds is 6. The lowest BCUT2D eigenvalue weighted by atomic mass is 9.98. The highest BCUT2D eigenvalue weighted by molar-refractivity contribution is 7.09. The number of aryl methyl sites for hydroxylation is 1. The zero-order valence-electron chi connectivity index (χ0n) is 21.0. The summed E-state index contributed by atoms with van der Waals surface area (Å²) in [5.41, 5.74) is 2.19. The molecule has 0 saturated heterocycles. The third-order valence-corrected chi connectivity index (χ3v) is 5.83. The smallest absolute Gasteiger partial charge is 0.426 e. The van der Waals surface area contributed by atoms with Gasteiger partial charge in [-0.2, -0.15) is 23.3 Å². The number of carbonyl (C=O) groups is 2. The van der Waals surface area contributed by atoms with E-state index in [0.717, 1.165) is 30.0 Å². The van der Waals surface area contributed by atoms with Crippen molar-refractivity contribution in [1.29, 1.82) is 0 Å². The molecule has 0 spiro atoms. The first-order valence-corrected chi connectivity index (χ1v) is 12.0. The molecule has 8 nitrogen and oxygen atoms in total. The molecule has 2 aromatic rings. The highest BCUT2D eigenvalue weighted by atomic mass is 32.1. The highest BCUT2D eigenvalue weighted by Gasteiger charge is 2.32. The number of hydrogen-bond donors (Lipinski definition) is 2. The SMILES string of the molecule is CCCCn1nc(C(C)(C)C)sc1=NC(=O)c1cc(C(F)(F)F)ccc1NNC(=O)OC(C)(C)C. The molecule has 0 radical (unpaired) electrons. The Morgan fingerprint density at radius 3 is 2.34 bits per heavy atom. The Morgan fingerprint density at radius 1 is 1.14 bits per heavy atom. The van der Waals surface area contributed by atoms with E-state index in [1.165, 1.54) is 11.3 Å². The predicted octanol–water partition coefficient (Wildman–Crippen LogP) is 5.65. The van der Waals surface area contributed by atoms with Crippen LogP contribution in [-0.2, 0) is 22.9 Å². The number of aromatic nitrogens is 2. The summed E-state index contributed by atoms with van der Waals surface area (Å²) in [5.74, 6) is -0.904. The van der Waals surface area contributed by atoms with Gasteiger partial charge in [-0.15, -0.1) is 0 Å². The highest BCUT2D eigenvalue weighted by Crippen LogP contribution is 2.32. The zero-order valence-corrected chi connectivity index (χ0v) is 21.8. The van der Waals surface area contributed by atoms with E-state index in [1.807, 2.05) is 27.7 Å². The molecule has 0 fully saturated rings. The fourth-order valence-corrected chi connectivity index (χ4v) is 3.71. The van der Waals surface area contributed by atoms with E-state index in [0.29, 0.717) is 12.6 Å². The molecule has 2 rings (SSSR count). The van der Waals surface area contributed by atoms with Crippen LogP contribution in [0.2, 0.25) is 0 Å². The van der Waals surface area contributed by atoms with Crippen LogP contribution in [0.5, 0.6) is 0 Å². The van der Waals surface area contributed by atoms with Crippen molar-refractivity contribution in [3.8, 4) is 0 Å². The summed E-state index contributed by atoms with van der Waals surface area (Å²) in [7, 11) is 0. The Bertz CT molecular complexity index is 1130. The molecule has 194 valence electrons. The topological polar surface area (TPSA) is 97.6 Å². The lowest BCUT2D eigenvalue weighted by Gasteiger charge is -2.20. The maximum Gasteiger partial charge on any atom is 0.426 e. The van der Waals surface area contributed by atoms with Gasteiger partial charge in [0.25, 0.3) is 5.91 Å². The minimum absolute atomic E-state index is 0.0572. The van der Waals surface area contributed by atoms with Crippen LogP contribution in [-0.4, -0.2) is 27.4 Å². The first-order chi connectivity index (χ1) is 16.0. The minimum atomic E-state index is -4.67. The van der Waals surface area contributed by atoms with Gasteiger partial charge in [0.1, 0.15) is 10.6 Å². The van der Waals surface area contributed by atoms with Gasteiger partial charge < -0.3 is 4.74 Å². The Morgan fingerprint density at radius 2 is 1.80 bits per heavy atom. The van der Waals surface area contributed by atoms with Crippen molar-refractivity contribution < 1.29 is 27.5 Å². The summed E-state index contributed by atoms with van der Waals surface area (Å²) < 4.78 is 46.8. The van der Waals surface area contributed by atoms with Crippen LogP contribution in [0.1, 0.15) is 82.2 Å². The molecule has 0 saturated carbocycles. The van der Waals surface area contributed by atoms with Crippen LogP contribution < -0.4 is 15.7 Å². The van der Waals surface area contributed by atoms with E-state index in [4.69, 9.17) is 4.74 Å². The molecule has 2 amide bonds. The van der Waals surface area contributed by atoms with Crippen LogP contribution in [0.4, 0.5) is 23.7 Å². The molecule has 0 unspecified atom stereocenters. The molecule has 12 heteroatoms. The van der Waals surface area contributed by atoms with Crippen molar-refractivity contribution in [2.75, 3.05) is 5.43 Å². The molecule has 0 atom stereocenters. The van der Waals surface area contributed by atoms with E-state index in [-0.39, 0.29) is 21.5 Å². The van der Waals surface area contributed by atoms with Gasteiger partial charge in [-0.05, 0) is 45.4 Å². The molecular weight excluding hydrogens is 483 g/mol. The van der Waals surface area contributed by atoms with Crippen LogP contribution >= 0.6 is 11.3 Å². The van der Waals surface area contributed by atoms with E-state index < -0.39 is 29.3 Å². The number of ether oxygens (including phenoxy) is 1. The second-order valence-electron chi connectivity index (χ2n) is 9.94. The van der Waals surface area contributed by atoms with Crippen molar-refractivity contribution in [2.45, 2.75) is 85.0 Å². The van der Waals surface area contributed by atoms with Crippen LogP contribution in [0.25, 0.3) is 0 Å². The third-order valence-electron chi connectivity index (χ3n) is 4.46. The van der Waals surface area contributed by atoms with E-state index in [2.05, 4.69) is 20.9 Å². The Balaban J connectivity index is 2.50. The normalized spacial score (nSPS) is 13.0. The molecule has 0 aliphatic carbocycles. The quantitative estimate of drug-likeness (QED) is 0.484. The molecule has 1 aromatic carbocycles. The van der Waals surface area contributed by atoms with Gasteiger partial charge in [0, 0.05) is 12.0 Å². The third kappa shape index (κ3) is 8.37. The minimum Gasteiger partial charge on any atom is -0.443 e. The average Bonchev–Trinajstić information content (AvgIpc) is 3.11. The second kappa shape index (κ2) is 10.8. The van der Waals surface area contributed by atoms with Crippen LogP contribution in [0.15, 0.2) is 23.2 Å². The van der Waals surface area contributed by atoms with Gasteiger partial charge in [0.05, 0.1) is 16.8 Å².